The van der Waals surface area contributed by atoms with Crippen molar-refractivity contribution in [3.63, 3.8) is 0 Å². The van der Waals surface area contributed by atoms with E-state index in [0.717, 1.165) is 30.8 Å². The van der Waals surface area contributed by atoms with Crippen LogP contribution < -0.4 is 5.32 Å². The van der Waals surface area contributed by atoms with Crippen LogP contribution in [0.5, 0.6) is 0 Å². The number of likely N-dealkylation sites (tertiary alicyclic amines) is 1. The van der Waals surface area contributed by atoms with E-state index in [1.807, 2.05) is 30.5 Å². The SMILES string of the molecule is O=C(CCc1cccnc1)NCC(c1ccco1)N1CCCCC1. The fraction of sp³-hybridized carbons (Fsp3) is 0.474. The number of piperidine rings is 1. The van der Waals surface area contributed by atoms with Crippen molar-refractivity contribution in [1.29, 1.82) is 0 Å². The van der Waals surface area contributed by atoms with Gasteiger partial charge in [0.15, 0.2) is 0 Å². The Morgan fingerprint density at radius 2 is 2.12 bits per heavy atom. The lowest BCUT2D eigenvalue weighted by Gasteiger charge is -2.33. The second kappa shape index (κ2) is 8.64. The first-order chi connectivity index (χ1) is 11.8. The number of aromatic nitrogens is 1. The number of pyridine rings is 1. The van der Waals surface area contributed by atoms with Crippen molar-refractivity contribution in [2.45, 2.75) is 38.1 Å². The van der Waals surface area contributed by atoms with Crippen LogP contribution in [0.2, 0.25) is 0 Å². The molecule has 1 unspecified atom stereocenters. The van der Waals surface area contributed by atoms with Crippen LogP contribution in [0.3, 0.4) is 0 Å². The van der Waals surface area contributed by atoms with Crippen LogP contribution >= 0.6 is 0 Å². The summed E-state index contributed by atoms with van der Waals surface area (Å²) < 4.78 is 5.61. The van der Waals surface area contributed by atoms with Crippen LogP contribution in [-0.2, 0) is 11.2 Å². The minimum atomic E-state index is 0.0763. The first kappa shape index (κ1) is 16.7. The summed E-state index contributed by atoms with van der Waals surface area (Å²) in [7, 11) is 0. The minimum absolute atomic E-state index is 0.0763. The third-order valence-corrected chi connectivity index (χ3v) is 4.56. The molecule has 1 amide bonds. The van der Waals surface area contributed by atoms with Gasteiger partial charge in [-0.05, 0) is 56.1 Å². The monoisotopic (exact) mass is 327 g/mol. The van der Waals surface area contributed by atoms with Gasteiger partial charge in [0.05, 0.1) is 12.3 Å². The summed E-state index contributed by atoms with van der Waals surface area (Å²) in [6, 6.07) is 7.94. The highest BCUT2D eigenvalue weighted by Gasteiger charge is 2.24. The van der Waals surface area contributed by atoms with Gasteiger partial charge >= 0.3 is 0 Å². The Kier molecular flexibility index (Phi) is 6.01. The van der Waals surface area contributed by atoms with Crippen molar-refractivity contribution in [3.8, 4) is 0 Å². The second-order valence-corrected chi connectivity index (χ2v) is 6.29. The molecule has 24 heavy (non-hydrogen) atoms. The van der Waals surface area contributed by atoms with Crippen molar-refractivity contribution in [3.05, 3.63) is 54.2 Å². The summed E-state index contributed by atoms with van der Waals surface area (Å²) in [5.74, 6) is 1.01. The number of carbonyl (C=O) groups is 1. The maximum atomic E-state index is 12.2. The zero-order chi connectivity index (χ0) is 16.6. The normalized spacial score (nSPS) is 16.7. The summed E-state index contributed by atoms with van der Waals surface area (Å²) in [5.41, 5.74) is 1.09. The Balaban J connectivity index is 1.52. The molecule has 1 fully saturated rings. The molecule has 1 saturated heterocycles. The van der Waals surface area contributed by atoms with Gasteiger partial charge in [-0.1, -0.05) is 12.5 Å². The molecule has 3 rings (SSSR count). The summed E-state index contributed by atoms with van der Waals surface area (Å²) in [5, 5.41) is 3.08. The van der Waals surface area contributed by atoms with Crippen molar-refractivity contribution in [1.82, 2.24) is 15.2 Å². The third kappa shape index (κ3) is 4.68. The molecule has 0 spiro atoms. The Morgan fingerprint density at radius 1 is 1.25 bits per heavy atom. The van der Waals surface area contributed by atoms with Crippen LogP contribution in [-0.4, -0.2) is 35.4 Å². The molecule has 1 N–H and O–H groups in total. The quantitative estimate of drug-likeness (QED) is 0.849. The molecule has 0 aliphatic carbocycles. The van der Waals surface area contributed by atoms with Gasteiger partial charge in [-0.15, -0.1) is 0 Å². The van der Waals surface area contributed by atoms with E-state index in [0.29, 0.717) is 13.0 Å². The Bertz CT molecular complexity index is 607. The molecule has 1 atom stereocenters. The lowest BCUT2D eigenvalue weighted by Crippen LogP contribution is -2.40. The zero-order valence-corrected chi connectivity index (χ0v) is 14.0. The number of nitrogens with zero attached hydrogens (tertiary/aromatic N) is 2. The molecule has 5 heteroatoms. The van der Waals surface area contributed by atoms with Crippen LogP contribution in [0.4, 0.5) is 0 Å². The highest BCUT2D eigenvalue weighted by atomic mass is 16.3. The highest BCUT2D eigenvalue weighted by Crippen LogP contribution is 2.24. The van der Waals surface area contributed by atoms with E-state index in [-0.39, 0.29) is 11.9 Å². The van der Waals surface area contributed by atoms with Gasteiger partial charge in [-0.3, -0.25) is 14.7 Å². The number of hydrogen-bond donors (Lipinski definition) is 1. The molecule has 2 aromatic heterocycles. The number of furan rings is 1. The van der Waals surface area contributed by atoms with Crippen molar-refractivity contribution < 1.29 is 9.21 Å². The van der Waals surface area contributed by atoms with Crippen LogP contribution in [0.1, 0.15) is 43.0 Å². The third-order valence-electron chi connectivity index (χ3n) is 4.56. The number of amides is 1. The smallest absolute Gasteiger partial charge is 0.220 e. The summed E-state index contributed by atoms with van der Waals surface area (Å²) >= 11 is 0. The number of rotatable bonds is 7. The fourth-order valence-electron chi connectivity index (χ4n) is 3.22. The van der Waals surface area contributed by atoms with E-state index in [4.69, 9.17) is 4.42 Å². The van der Waals surface area contributed by atoms with E-state index >= 15 is 0 Å². The molecule has 5 nitrogen and oxygen atoms in total. The molecule has 1 aliphatic heterocycles. The van der Waals surface area contributed by atoms with E-state index in [9.17, 15) is 4.79 Å². The summed E-state index contributed by atoms with van der Waals surface area (Å²) in [4.78, 5) is 18.7. The van der Waals surface area contributed by atoms with Crippen LogP contribution in [0.15, 0.2) is 47.3 Å². The van der Waals surface area contributed by atoms with Gasteiger partial charge in [0, 0.05) is 25.4 Å². The Labute approximate surface area is 143 Å². The van der Waals surface area contributed by atoms with Crippen LogP contribution in [0, 0.1) is 0 Å². The van der Waals surface area contributed by atoms with Gasteiger partial charge in [-0.25, -0.2) is 0 Å². The van der Waals surface area contributed by atoms with Crippen molar-refractivity contribution in [2.24, 2.45) is 0 Å². The first-order valence-electron chi connectivity index (χ1n) is 8.76. The first-order valence-corrected chi connectivity index (χ1v) is 8.76. The van der Waals surface area contributed by atoms with Gasteiger partial charge in [0.1, 0.15) is 5.76 Å². The molecule has 0 saturated carbocycles. The van der Waals surface area contributed by atoms with E-state index in [1.54, 1.807) is 12.5 Å². The van der Waals surface area contributed by atoms with Crippen molar-refractivity contribution >= 4 is 5.91 Å². The fourth-order valence-corrected chi connectivity index (χ4v) is 3.22. The molecule has 0 bridgehead atoms. The van der Waals surface area contributed by atoms with Gasteiger partial charge < -0.3 is 9.73 Å². The molecular formula is C19H25N3O2. The summed E-state index contributed by atoms with van der Waals surface area (Å²) in [6.07, 6.45) is 10.2. The predicted octanol–water partition coefficient (Wildman–Crippen LogP) is 2.95. The van der Waals surface area contributed by atoms with Crippen LogP contribution in [0.25, 0.3) is 0 Å². The molecule has 128 valence electrons. The predicted molar refractivity (Wildman–Crippen MR) is 92.4 cm³/mol. The highest BCUT2D eigenvalue weighted by molar-refractivity contribution is 5.76. The lowest BCUT2D eigenvalue weighted by atomic mass is 10.1. The maximum absolute atomic E-state index is 12.2. The van der Waals surface area contributed by atoms with Gasteiger partial charge in [-0.2, -0.15) is 0 Å². The largest absolute Gasteiger partial charge is 0.468 e. The molecule has 3 heterocycles. The molecule has 1 aliphatic rings. The Hall–Kier alpha value is -2.14. The summed E-state index contributed by atoms with van der Waals surface area (Å²) in [6.45, 7) is 2.73. The lowest BCUT2D eigenvalue weighted by molar-refractivity contribution is -0.121. The maximum Gasteiger partial charge on any atom is 0.220 e. The van der Waals surface area contributed by atoms with Crippen molar-refractivity contribution in [2.75, 3.05) is 19.6 Å². The number of aryl methyl sites for hydroxylation is 1. The minimum Gasteiger partial charge on any atom is -0.468 e. The number of nitrogens with one attached hydrogen (secondary N) is 1. The molecule has 0 aromatic carbocycles. The average Bonchev–Trinajstić information content (AvgIpc) is 3.16. The van der Waals surface area contributed by atoms with E-state index in [2.05, 4.69) is 15.2 Å². The van der Waals surface area contributed by atoms with E-state index < -0.39 is 0 Å². The Morgan fingerprint density at radius 3 is 2.83 bits per heavy atom. The molecule has 2 aromatic rings. The average molecular weight is 327 g/mol. The van der Waals surface area contributed by atoms with Gasteiger partial charge in [0.2, 0.25) is 5.91 Å². The second-order valence-electron chi connectivity index (χ2n) is 6.29. The standard InChI is InChI=1S/C19H25N3O2/c23-19(9-8-16-6-4-10-20-14-16)21-15-17(18-7-5-13-24-18)22-11-2-1-3-12-22/h4-7,10,13-14,17H,1-3,8-9,11-12,15H2,(H,21,23). The van der Waals surface area contributed by atoms with E-state index in [1.165, 1.54) is 19.3 Å². The zero-order valence-electron chi connectivity index (χ0n) is 14.0. The number of carbonyl (C=O) groups excluding carboxylic acids is 1. The number of hydrogen-bond acceptors (Lipinski definition) is 4. The topological polar surface area (TPSA) is 58.4 Å². The van der Waals surface area contributed by atoms with Gasteiger partial charge in [0.25, 0.3) is 0 Å². The molecule has 0 radical (unpaired) electrons. The molecular weight excluding hydrogens is 302 g/mol.